The number of carbonyl (C=O) groups is 2. The Balaban J connectivity index is 1.72. The number of aryl methyl sites for hydroxylation is 2. The van der Waals surface area contributed by atoms with E-state index >= 15 is 0 Å². The Morgan fingerprint density at radius 2 is 1.81 bits per heavy atom. The van der Waals surface area contributed by atoms with Crippen LogP contribution in [0.25, 0.3) is 6.08 Å². The van der Waals surface area contributed by atoms with E-state index in [9.17, 15) is 9.59 Å². The van der Waals surface area contributed by atoms with Gasteiger partial charge in [0.05, 0.1) is 12.8 Å². The third-order valence-electron chi connectivity index (χ3n) is 5.70. The zero-order valence-electron chi connectivity index (χ0n) is 17.9. The number of amides is 2. The highest BCUT2D eigenvalue weighted by molar-refractivity contribution is 7.80. The number of rotatable bonds is 4. The van der Waals surface area contributed by atoms with Crippen LogP contribution in [0.2, 0.25) is 0 Å². The molecule has 0 saturated carbocycles. The highest BCUT2D eigenvalue weighted by Crippen LogP contribution is 2.31. The highest BCUT2D eigenvalue weighted by Gasteiger charge is 2.35. The standard InChI is InChI=1S/C24H25N3O3S/c1-15-6-7-16(2)20(12-15)27-23(29)19(22(28)25-24(27)31)13-17-8-9-18(14-21(17)30-3)26-10-4-5-11-26/h6-9,12-14H,4-5,10-11H2,1-3H3,(H,25,28,31)/b19-13+. The summed E-state index contributed by atoms with van der Waals surface area (Å²) < 4.78 is 5.57. The number of thiocarbonyl (C=S) groups is 1. The quantitative estimate of drug-likeness (QED) is 0.450. The van der Waals surface area contributed by atoms with Crippen LogP contribution in [0, 0.1) is 13.8 Å². The average Bonchev–Trinajstić information content (AvgIpc) is 3.28. The van der Waals surface area contributed by atoms with Crippen LogP contribution in [0.4, 0.5) is 11.4 Å². The summed E-state index contributed by atoms with van der Waals surface area (Å²) in [7, 11) is 1.59. The second kappa shape index (κ2) is 8.51. The lowest BCUT2D eigenvalue weighted by Crippen LogP contribution is -2.54. The normalized spacial score (nSPS) is 18.0. The Hall–Kier alpha value is -3.19. The maximum absolute atomic E-state index is 13.4. The molecule has 0 spiro atoms. The van der Waals surface area contributed by atoms with Gasteiger partial charge in [0.2, 0.25) is 0 Å². The lowest BCUT2D eigenvalue weighted by molar-refractivity contribution is -0.122. The molecule has 0 atom stereocenters. The van der Waals surface area contributed by atoms with E-state index in [1.54, 1.807) is 13.2 Å². The molecule has 2 heterocycles. The molecule has 31 heavy (non-hydrogen) atoms. The lowest BCUT2D eigenvalue weighted by atomic mass is 10.0. The van der Waals surface area contributed by atoms with Crippen molar-refractivity contribution in [2.45, 2.75) is 26.7 Å². The fourth-order valence-electron chi connectivity index (χ4n) is 3.98. The molecule has 2 aliphatic heterocycles. The van der Waals surface area contributed by atoms with Gasteiger partial charge in [0.25, 0.3) is 11.8 Å². The third kappa shape index (κ3) is 4.05. The van der Waals surface area contributed by atoms with Crippen LogP contribution >= 0.6 is 12.2 Å². The molecule has 0 aliphatic carbocycles. The zero-order valence-corrected chi connectivity index (χ0v) is 18.7. The molecule has 2 aromatic carbocycles. The van der Waals surface area contributed by atoms with Crippen molar-refractivity contribution >= 4 is 46.6 Å². The minimum absolute atomic E-state index is 0.0155. The number of benzene rings is 2. The summed E-state index contributed by atoms with van der Waals surface area (Å²) in [4.78, 5) is 29.7. The van der Waals surface area contributed by atoms with Crippen molar-refractivity contribution in [3.63, 3.8) is 0 Å². The fourth-order valence-corrected chi connectivity index (χ4v) is 4.26. The van der Waals surface area contributed by atoms with Crippen LogP contribution in [-0.2, 0) is 9.59 Å². The van der Waals surface area contributed by atoms with E-state index in [0.717, 1.165) is 29.9 Å². The largest absolute Gasteiger partial charge is 0.496 e. The molecule has 0 aromatic heterocycles. The van der Waals surface area contributed by atoms with Crippen molar-refractivity contribution in [3.8, 4) is 5.75 Å². The molecule has 7 heteroatoms. The van der Waals surface area contributed by atoms with Gasteiger partial charge in [0.1, 0.15) is 11.3 Å². The van der Waals surface area contributed by atoms with Crippen molar-refractivity contribution in [1.29, 1.82) is 0 Å². The van der Waals surface area contributed by atoms with Gasteiger partial charge in [0.15, 0.2) is 5.11 Å². The second-order valence-corrected chi connectivity index (χ2v) is 8.25. The molecule has 0 bridgehead atoms. The number of nitrogens with zero attached hydrogens (tertiary/aromatic N) is 2. The van der Waals surface area contributed by atoms with Crippen LogP contribution in [-0.4, -0.2) is 37.1 Å². The molecular weight excluding hydrogens is 410 g/mol. The monoisotopic (exact) mass is 435 g/mol. The van der Waals surface area contributed by atoms with Gasteiger partial charge < -0.3 is 9.64 Å². The Morgan fingerprint density at radius 1 is 1.06 bits per heavy atom. The topological polar surface area (TPSA) is 61.9 Å². The van der Waals surface area contributed by atoms with Gasteiger partial charge >= 0.3 is 0 Å². The van der Waals surface area contributed by atoms with Crippen molar-refractivity contribution in [2.75, 3.05) is 30.0 Å². The van der Waals surface area contributed by atoms with Crippen LogP contribution in [0.15, 0.2) is 42.0 Å². The second-order valence-electron chi connectivity index (χ2n) is 7.87. The van der Waals surface area contributed by atoms with E-state index in [0.29, 0.717) is 17.0 Å². The molecule has 2 amide bonds. The van der Waals surface area contributed by atoms with Gasteiger partial charge in [-0.3, -0.25) is 19.8 Å². The Labute approximate surface area is 187 Å². The Kier molecular flexibility index (Phi) is 5.78. The van der Waals surface area contributed by atoms with Crippen LogP contribution < -0.4 is 19.9 Å². The lowest BCUT2D eigenvalue weighted by Gasteiger charge is -2.30. The summed E-state index contributed by atoms with van der Waals surface area (Å²) in [5.41, 5.74) is 4.31. The molecule has 2 fully saturated rings. The first-order chi connectivity index (χ1) is 14.9. The third-order valence-corrected chi connectivity index (χ3v) is 5.98. The number of anilines is 2. The van der Waals surface area contributed by atoms with Gasteiger partial charge in [-0.05, 0) is 74.3 Å². The predicted molar refractivity (Wildman–Crippen MR) is 127 cm³/mol. The van der Waals surface area contributed by atoms with Crippen molar-refractivity contribution in [3.05, 3.63) is 58.7 Å². The summed E-state index contributed by atoms with van der Waals surface area (Å²) >= 11 is 5.33. The number of methoxy groups -OCH3 is 1. The van der Waals surface area contributed by atoms with Gasteiger partial charge in [-0.15, -0.1) is 0 Å². The molecular formula is C24H25N3O3S. The van der Waals surface area contributed by atoms with Crippen LogP contribution in [0.5, 0.6) is 5.75 Å². The van der Waals surface area contributed by atoms with Crippen LogP contribution in [0.1, 0.15) is 29.5 Å². The van der Waals surface area contributed by atoms with E-state index in [-0.39, 0.29) is 10.7 Å². The number of nitrogens with one attached hydrogen (secondary N) is 1. The van der Waals surface area contributed by atoms with Gasteiger partial charge in [0, 0.05) is 30.4 Å². The predicted octanol–water partition coefficient (Wildman–Crippen LogP) is 3.74. The first kappa shape index (κ1) is 21.1. The van der Waals surface area contributed by atoms with Gasteiger partial charge in [-0.25, -0.2) is 0 Å². The van der Waals surface area contributed by atoms with E-state index < -0.39 is 11.8 Å². The molecule has 4 rings (SSSR count). The molecule has 0 radical (unpaired) electrons. The fraction of sp³-hybridized carbons (Fsp3) is 0.292. The first-order valence-corrected chi connectivity index (χ1v) is 10.7. The molecule has 1 N–H and O–H groups in total. The minimum atomic E-state index is -0.512. The molecule has 0 unspecified atom stereocenters. The van der Waals surface area contributed by atoms with Crippen molar-refractivity contribution in [2.24, 2.45) is 0 Å². The number of hydrogen-bond acceptors (Lipinski definition) is 5. The molecule has 2 aromatic rings. The van der Waals surface area contributed by atoms with E-state index in [4.69, 9.17) is 17.0 Å². The summed E-state index contributed by atoms with van der Waals surface area (Å²) in [6, 6.07) is 11.6. The summed E-state index contributed by atoms with van der Waals surface area (Å²) in [5, 5.41) is 2.73. The van der Waals surface area contributed by atoms with E-state index in [1.165, 1.54) is 17.7 Å². The maximum Gasteiger partial charge on any atom is 0.270 e. The van der Waals surface area contributed by atoms with Crippen LogP contribution in [0.3, 0.4) is 0 Å². The van der Waals surface area contributed by atoms with Gasteiger partial charge in [-0.1, -0.05) is 12.1 Å². The Morgan fingerprint density at radius 3 is 2.52 bits per heavy atom. The summed E-state index contributed by atoms with van der Waals surface area (Å²) in [6.07, 6.45) is 3.93. The molecule has 6 nitrogen and oxygen atoms in total. The summed E-state index contributed by atoms with van der Waals surface area (Å²) in [5.74, 6) is -0.348. The molecule has 2 aliphatic rings. The SMILES string of the molecule is COc1cc(N2CCCC2)ccc1/C=C1\C(=O)NC(=S)N(c2cc(C)ccc2C)C1=O. The maximum atomic E-state index is 13.4. The van der Waals surface area contributed by atoms with Crippen molar-refractivity contribution in [1.82, 2.24) is 5.32 Å². The summed E-state index contributed by atoms with van der Waals surface area (Å²) in [6.45, 7) is 5.90. The zero-order chi connectivity index (χ0) is 22.1. The number of hydrogen-bond donors (Lipinski definition) is 1. The smallest absolute Gasteiger partial charge is 0.270 e. The molecule has 160 valence electrons. The van der Waals surface area contributed by atoms with E-state index in [1.807, 2.05) is 50.2 Å². The first-order valence-electron chi connectivity index (χ1n) is 10.3. The number of carbonyl (C=O) groups excluding carboxylic acids is 2. The average molecular weight is 436 g/mol. The minimum Gasteiger partial charge on any atom is -0.496 e. The Bertz CT molecular complexity index is 1100. The van der Waals surface area contributed by atoms with Gasteiger partial charge in [-0.2, -0.15) is 0 Å². The van der Waals surface area contributed by atoms with E-state index in [2.05, 4.69) is 10.2 Å². The highest BCUT2D eigenvalue weighted by atomic mass is 32.1. The molecule has 2 saturated heterocycles. The number of ether oxygens (including phenoxy) is 1. The van der Waals surface area contributed by atoms with Crippen molar-refractivity contribution < 1.29 is 14.3 Å².